The van der Waals surface area contributed by atoms with Crippen LogP contribution in [0.15, 0.2) is 30.6 Å². The van der Waals surface area contributed by atoms with Gasteiger partial charge in [-0.1, -0.05) is 6.07 Å². The highest BCUT2D eigenvalue weighted by atomic mass is 35.5. The van der Waals surface area contributed by atoms with Gasteiger partial charge in [-0.05, 0) is 25.0 Å². The maximum Gasteiger partial charge on any atom is 0.137 e. The van der Waals surface area contributed by atoms with Crippen molar-refractivity contribution in [1.29, 1.82) is 0 Å². The van der Waals surface area contributed by atoms with E-state index >= 15 is 0 Å². The number of ether oxygens (including phenoxy) is 1. The van der Waals surface area contributed by atoms with Gasteiger partial charge >= 0.3 is 0 Å². The Hall–Kier alpha value is -1.10. The summed E-state index contributed by atoms with van der Waals surface area (Å²) < 4.78 is 7.78. The molecule has 0 saturated carbocycles. The standard InChI is InChI=1S/C15H20ClN3O/c16-6-10-20-14-4-8-18(9-5-14)11-13-12-19-7-2-1-3-15(19)17-13/h1-3,7,12,14H,4-6,8-11H2. The normalized spacial score (nSPS) is 17.9. The summed E-state index contributed by atoms with van der Waals surface area (Å²) in [6, 6.07) is 6.08. The molecule has 1 aliphatic heterocycles. The number of halogens is 1. The lowest BCUT2D eigenvalue weighted by Crippen LogP contribution is -2.36. The third kappa shape index (κ3) is 3.32. The molecule has 5 heteroatoms. The lowest BCUT2D eigenvalue weighted by molar-refractivity contribution is 0.0132. The van der Waals surface area contributed by atoms with Gasteiger partial charge in [-0.15, -0.1) is 11.6 Å². The van der Waals surface area contributed by atoms with Gasteiger partial charge in [-0.2, -0.15) is 0 Å². The van der Waals surface area contributed by atoms with Crippen LogP contribution in [-0.4, -0.2) is 46.0 Å². The van der Waals surface area contributed by atoms with Crippen molar-refractivity contribution in [2.24, 2.45) is 0 Å². The number of fused-ring (bicyclic) bond motifs is 1. The summed E-state index contributed by atoms with van der Waals surface area (Å²) >= 11 is 5.65. The first-order valence-electron chi connectivity index (χ1n) is 7.17. The van der Waals surface area contributed by atoms with Gasteiger partial charge < -0.3 is 9.14 Å². The van der Waals surface area contributed by atoms with Gasteiger partial charge in [0.05, 0.1) is 18.4 Å². The van der Waals surface area contributed by atoms with E-state index in [1.807, 2.05) is 24.4 Å². The predicted octanol–water partition coefficient (Wildman–Crippen LogP) is 2.55. The van der Waals surface area contributed by atoms with Gasteiger partial charge in [0.1, 0.15) is 5.65 Å². The summed E-state index contributed by atoms with van der Waals surface area (Å²) in [4.78, 5) is 7.09. The molecule has 20 heavy (non-hydrogen) atoms. The third-order valence-corrected chi connectivity index (χ3v) is 3.92. The molecule has 0 atom stereocenters. The quantitative estimate of drug-likeness (QED) is 0.794. The van der Waals surface area contributed by atoms with Crippen LogP contribution >= 0.6 is 11.6 Å². The average molecular weight is 294 g/mol. The molecule has 0 unspecified atom stereocenters. The number of hydrogen-bond donors (Lipinski definition) is 0. The monoisotopic (exact) mass is 293 g/mol. The van der Waals surface area contributed by atoms with E-state index in [-0.39, 0.29) is 0 Å². The Balaban J connectivity index is 1.54. The Kier molecular flexibility index (Phi) is 4.55. The molecule has 0 aromatic carbocycles. The largest absolute Gasteiger partial charge is 0.377 e. The van der Waals surface area contributed by atoms with E-state index in [4.69, 9.17) is 16.3 Å². The van der Waals surface area contributed by atoms with E-state index in [1.54, 1.807) is 0 Å². The van der Waals surface area contributed by atoms with Crippen LogP contribution in [0, 0.1) is 0 Å². The maximum absolute atomic E-state index is 5.70. The lowest BCUT2D eigenvalue weighted by atomic mass is 10.1. The molecule has 0 amide bonds. The Morgan fingerprint density at radius 1 is 1.30 bits per heavy atom. The summed E-state index contributed by atoms with van der Waals surface area (Å²) in [5.41, 5.74) is 2.15. The second kappa shape index (κ2) is 6.57. The van der Waals surface area contributed by atoms with Crippen LogP contribution in [0.5, 0.6) is 0 Å². The van der Waals surface area contributed by atoms with Crippen LogP contribution in [0.3, 0.4) is 0 Å². The van der Waals surface area contributed by atoms with Crippen LogP contribution in [0.4, 0.5) is 0 Å². The van der Waals surface area contributed by atoms with Gasteiger partial charge in [-0.3, -0.25) is 4.90 Å². The Morgan fingerprint density at radius 3 is 2.90 bits per heavy atom. The van der Waals surface area contributed by atoms with Crippen molar-refractivity contribution >= 4 is 17.2 Å². The zero-order valence-corrected chi connectivity index (χ0v) is 12.3. The van der Waals surface area contributed by atoms with E-state index in [9.17, 15) is 0 Å². The zero-order valence-electron chi connectivity index (χ0n) is 11.5. The SMILES string of the molecule is ClCCOC1CCN(Cc2cn3ccccc3n2)CC1. The lowest BCUT2D eigenvalue weighted by Gasteiger charge is -2.31. The minimum Gasteiger partial charge on any atom is -0.377 e. The number of imidazole rings is 1. The minimum atomic E-state index is 0.381. The molecular weight excluding hydrogens is 274 g/mol. The predicted molar refractivity (Wildman–Crippen MR) is 80.2 cm³/mol. The molecule has 0 aliphatic carbocycles. The average Bonchev–Trinajstić information content (AvgIpc) is 2.89. The molecule has 3 rings (SSSR count). The maximum atomic E-state index is 5.70. The highest BCUT2D eigenvalue weighted by Crippen LogP contribution is 2.16. The molecule has 0 N–H and O–H groups in total. The topological polar surface area (TPSA) is 29.8 Å². The smallest absolute Gasteiger partial charge is 0.137 e. The summed E-state index contributed by atoms with van der Waals surface area (Å²) in [7, 11) is 0. The highest BCUT2D eigenvalue weighted by Gasteiger charge is 2.20. The number of rotatable bonds is 5. The van der Waals surface area contributed by atoms with E-state index in [2.05, 4.69) is 20.5 Å². The molecule has 2 aromatic rings. The number of nitrogens with zero attached hydrogens (tertiary/aromatic N) is 3. The molecule has 2 aromatic heterocycles. The summed E-state index contributed by atoms with van der Waals surface area (Å²) in [6.07, 6.45) is 6.71. The molecule has 0 radical (unpaired) electrons. The second-order valence-corrected chi connectivity index (χ2v) is 5.61. The Bertz CT molecular complexity index is 516. The molecule has 4 nitrogen and oxygen atoms in total. The molecule has 3 heterocycles. The van der Waals surface area contributed by atoms with Gasteiger partial charge in [0, 0.05) is 37.9 Å². The molecule has 1 aliphatic rings. The number of likely N-dealkylation sites (tertiary alicyclic amines) is 1. The first-order valence-corrected chi connectivity index (χ1v) is 7.71. The van der Waals surface area contributed by atoms with E-state index in [1.165, 1.54) is 0 Å². The van der Waals surface area contributed by atoms with Gasteiger partial charge in [0.15, 0.2) is 0 Å². The second-order valence-electron chi connectivity index (χ2n) is 5.23. The highest BCUT2D eigenvalue weighted by molar-refractivity contribution is 6.17. The molecule has 1 saturated heterocycles. The first kappa shape index (κ1) is 13.9. The minimum absolute atomic E-state index is 0.381. The molecule has 0 bridgehead atoms. The van der Waals surface area contributed by atoms with E-state index in [0.717, 1.165) is 43.8 Å². The molecule has 108 valence electrons. The van der Waals surface area contributed by atoms with Gasteiger partial charge in [0.25, 0.3) is 0 Å². The van der Waals surface area contributed by atoms with Crippen molar-refractivity contribution in [2.75, 3.05) is 25.6 Å². The van der Waals surface area contributed by atoms with Gasteiger partial charge in [0.2, 0.25) is 0 Å². The number of hydrogen-bond acceptors (Lipinski definition) is 3. The van der Waals surface area contributed by atoms with Crippen LogP contribution < -0.4 is 0 Å². The molecular formula is C15H20ClN3O. The van der Waals surface area contributed by atoms with Crippen molar-refractivity contribution < 1.29 is 4.74 Å². The fourth-order valence-electron chi connectivity index (χ4n) is 2.74. The van der Waals surface area contributed by atoms with Crippen molar-refractivity contribution in [3.05, 3.63) is 36.3 Å². The van der Waals surface area contributed by atoms with Crippen molar-refractivity contribution in [1.82, 2.24) is 14.3 Å². The number of piperidine rings is 1. The summed E-state index contributed by atoms with van der Waals surface area (Å²) in [5.74, 6) is 0.585. The van der Waals surface area contributed by atoms with Crippen LogP contribution in [0.25, 0.3) is 5.65 Å². The van der Waals surface area contributed by atoms with Gasteiger partial charge in [-0.25, -0.2) is 4.98 Å². The number of alkyl halides is 1. The van der Waals surface area contributed by atoms with Crippen LogP contribution in [0.2, 0.25) is 0 Å². The Labute approximate surface area is 124 Å². The molecule has 1 fully saturated rings. The van der Waals surface area contributed by atoms with Crippen LogP contribution in [0.1, 0.15) is 18.5 Å². The third-order valence-electron chi connectivity index (χ3n) is 3.76. The summed E-state index contributed by atoms with van der Waals surface area (Å²) in [5, 5.41) is 0. The summed E-state index contributed by atoms with van der Waals surface area (Å²) in [6.45, 7) is 3.73. The van der Waals surface area contributed by atoms with Crippen molar-refractivity contribution in [2.45, 2.75) is 25.5 Å². The van der Waals surface area contributed by atoms with Crippen molar-refractivity contribution in [3.63, 3.8) is 0 Å². The first-order chi connectivity index (χ1) is 9.85. The van der Waals surface area contributed by atoms with E-state index in [0.29, 0.717) is 18.6 Å². The fourth-order valence-corrected chi connectivity index (χ4v) is 2.83. The number of pyridine rings is 1. The number of aromatic nitrogens is 2. The fraction of sp³-hybridized carbons (Fsp3) is 0.533. The molecule has 0 spiro atoms. The van der Waals surface area contributed by atoms with Crippen molar-refractivity contribution in [3.8, 4) is 0 Å². The van der Waals surface area contributed by atoms with E-state index < -0.39 is 0 Å². The zero-order chi connectivity index (χ0) is 13.8. The van der Waals surface area contributed by atoms with Crippen LogP contribution in [-0.2, 0) is 11.3 Å². The Morgan fingerprint density at radius 2 is 2.15 bits per heavy atom.